The summed E-state index contributed by atoms with van der Waals surface area (Å²) in [5.41, 5.74) is 2.06. The van der Waals surface area contributed by atoms with Gasteiger partial charge >= 0.3 is 0 Å². The lowest BCUT2D eigenvalue weighted by Gasteiger charge is -2.35. The highest BCUT2D eigenvalue weighted by Gasteiger charge is 2.36. The van der Waals surface area contributed by atoms with Gasteiger partial charge in [0.05, 0.1) is 6.54 Å². The molecule has 1 unspecified atom stereocenters. The SMILES string of the molecule is O=C(NCc1cccc(F)c1)C1Cn2cccc2C(=O)N1Cc1cccnc1. The molecular weight excluding hydrogens is 359 g/mol. The van der Waals surface area contributed by atoms with Crippen LogP contribution in [0, 0.1) is 5.82 Å². The fourth-order valence-corrected chi connectivity index (χ4v) is 3.39. The smallest absolute Gasteiger partial charge is 0.271 e. The number of hydrogen-bond acceptors (Lipinski definition) is 3. The van der Waals surface area contributed by atoms with Crippen molar-refractivity contribution in [3.05, 3.63) is 89.8 Å². The molecular formula is C21H19FN4O2. The molecule has 2 aromatic heterocycles. The van der Waals surface area contributed by atoms with Gasteiger partial charge in [0, 0.05) is 31.7 Å². The van der Waals surface area contributed by atoms with Crippen molar-refractivity contribution in [2.24, 2.45) is 0 Å². The molecule has 0 bridgehead atoms. The summed E-state index contributed by atoms with van der Waals surface area (Å²) in [6.07, 6.45) is 5.14. The Morgan fingerprint density at radius 1 is 1.18 bits per heavy atom. The number of carbonyl (C=O) groups excluding carboxylic acids is 2. The van der Waals surface area contributed by atoms with Crippen LogP contribution >= 0.6 is 0 Å². The number of aromatic nitrogens is 2. The van der Waals surface area contributed by atoms with E-state index in [9.17, 15) is 14.0 Å². The molecule has 3 heterocycles. The molecule has 1 aliphatic rings. The number of nitrogens with one attached hydrogen (secondary N) is 1. The topological polar surface area (TPSA) is 67.2 Å². The number of hydrogen-bond donors (Lipinski definition) is 1. The first kappa shape index (κ1) is 17.9. The fraction of sp³-hybridized carbons (Fsp3) is 0.190. The maximum Gasteiger partial charge on any atom is 0.271 e. The lowest BCUT2D eigenvalue weighted by Crippen LogP contribution is -2.54. The Labute approximate surface area is 161 Å². The first-order chi connectivity index (χ1) is 13.6. The van der Waals surface area contributed by atoms with Crippen molar-refractivity contribution in [1.82, 2.24) is 19.8 Å². The summed E-state index contributed by atoms with van der Waals surface area (Å²) in [6.45, 7) is 0.847. The van der Waals surface area contributed by atoms with Gasteiger partial charge in [-0.3, -0.25) is 14.6 Å². The largest absolute Gasteiger partial charge is 0.350 e. The van der Waals surface area contributed by atoms with Crippen molar-refractivity contribution >= 4 is 11.8 Å². The lowest BCUT2D eigenvalue weighted by molar-refractivity contribution is -0.126. The van der Waals surface area contributed by atoms with Crippen LogP contribution in [0.4, 0.5) is 4.39 Å². The van der Waals surface area contributed by atoms with Crippen LogP contribution in [0.5, 0.6) is 0 Å². The Balaban J connectivity index is 1.55. The van der Waals surface area contributed by atoms with Gasteiger partial charge in [-0.2, -0.15) is 0 Å². The summed E-state index contributed by atoms with van der Waals surface area (Å²) in [5.74, 6) is -0.832. The standard InChI is InChI=1S/C21H19FN4O2/c22-17-6-1-4-15(10-17)12-24-20(27)19-14-25-9-3-7-18(25)21(28)26(19)13-16-5-2-8-23-11-16/h1-11,19H,12-14H2,(H,24,27). The average Bonchev–Trinajstić information content (AvgIpc) is 3.18. The van der Waals surface area contributed by atoms with Gasteiger partial charge in [0.1, 0.15) is 17.6 Å². The van der Waals surface area contributed by atoms with Crippen molar-refractivity contribution in [2.45, 2.75) is 25.7 Å². The van der Waals surface area contributed by atoms with Crippen LogP contribution in [0.15, 0.2) is 67.1 Å². The van der Waals surface area contributed by atoms with Crippen LogP contribution < -0.4 is 5.32 Å². The van der Waals surface area contributed by atoms with E-state index in [1.807, 2.05) is 6.07 Å². The minimum absolute atomic E-state index is 0.195. The van der Waals surface area contributed by atoms with E-state index in [2.05, 4.69) is 10.3 Å². The molecule has 3 aromatic rings. The van der Waals surface area contributed by atoms with Gasteiger partial charge < -0.3 is 14.8 Å². The normalized spacial score (nSPS) is 16.0. The Kier molecular flexibility index (Phi) is 4.89. The first-order valence-corrected chi connectivity index (χ1v) is 8.99. The van der Waals surface area contributed by atoms with E-state index in [0.717, 1.165) is 5.56 Å². The van der Waals surface area contributed by atoms with Gasteiger partial charge in [-0.25, -0.2) is 4.39 Å². The van der Waals surface area contributed by atoms with Crippen LogP contribution in [0.3, 0.4) is 0 Å². The molecule has 6 nitrogen and oxygen atoms in total. The highest BCUT2D eigenvalue weighted by Crippen LogP contribution is 2.21. The van der Waals surface area contributed by atoms with Gasteiger partial charge in [0.25, 0.3) is 5.91 Å². The number of benzene rings is 1. The summed E-state index contributed by atoms with van der Waals surface area (Å²) in [7, 11) is 0. The molecule has 0 saturated heterocycles. The predicted molar refractivity (Wildman–Crippen MR) is 101 cm³/mol. The minimum Gasteiger partial charge on any atom is -0.350 e. The molecule has 0 radical (unpaired) electrons. The van der Waals surface area contributed by atoms with E-state index in [1.54, 1.807) is 58.4 Å². The van der Waals surface area contributed by atoms with Crippen LogP contribution in [-0.4, -0.2) is 32.3 Å². The first-order valence-electron chi connectivity index (χ1n) is 8.99. The van der Waals surface area contributed by atoms with E-state index in [-0.39, 0.29) is 30.7 Å². The molecule has 0 saturated carbocycles. The van der Waals surface area contributed by atoms with E-state index >= 15 is 0 Å². The lowest BCUT2D eigenvalue weighted by atomic mass is 10.1. The zero-order valence-corrected chi connectivity index (χ0v) is 15.1. The highest BCUT2D eigenvalue weighted by atomic mass is 19.1. The quantitative estimate of drug-likeness (QED) is 0.741. The molecule has 0 aliphatic carbocycles. The number of amides is 2. The molecule has 0 spiro atoms. The van der Waals surface area contributed by atoms with E-state index < -0.39 is 6.04 Å². The summed E-state index contributed by atoms with van der Waals surface area (Å²) < 4.78 is 15.1. The van der Waals surface area contributed by atoms with Crippen molar-refractivity contribution in [3.63, 3.8) is 0 Å². The Bertz CT molecular complexity index is 1000. The summed E-state index contributed by atoms with van der Waals surface area (Å²) >= 11 is 0. The third-order valence-electron chi connectivity index (χ3n) is 4.79. The highest BCUT2D eigenvalue weighted by molar-refractivity contribution is 5.97. The van der Waals surface area contributed by atoms with E-state index in [4.69, 9.17) is 0 Å². The molecule has 2 amide bonds. The van der Waals surface area contributed by atoms with Crippen LogP contribution in [0.25, 0.3) is 0 Å². The minimum atomic E-state index is -0.666. The second-order valence-corrected chi connectivity index (χ2v) is 6.70. The number of rotatable bonds is 5. The van der Waals surface area contributed by atoms with Crippen molar-refractivity contribution in [3.8, 4) is 0 Å². The summed E-state index contributed by atoms with van der Waals surface area (Å²) in [5, 5.41) is 2.83. The van der Waals surface area contributed by atoms with E-state index in [1.165, 1.54) is 12.1 Å². The number of halogens is 1. The zero-order chi connectivity index (χ0) is 19.5. The second-order valence-electron chi connectivity index (χ2n) is 6.70. The third kappa shape index (κ3) is 3.64. The Morgan fingerprint density at radius 3 is 2.82 bits per heavy atom. The maximum atomic E-state index is 13.4. The third-order valence-corrected chi connectivity index (χ3v) is 4.79. The van der Waals surface area contributed by atoms with Crippen LogP contribution in [0.1, 0.15) is 21.6 Å². The van der Waals surface area contributed by atoms with Gasteiger partial charge in [-0.05, 0) is 41.5 Å². The molecule has 0 fully saturated rings. The summed E-state index contributed by atoms with van der Waals surface area (Å²) in [6, 6.07) is 12.6. The molecule has 1 aliphatic heterocycles. The maximum absolute atomic E-state index is 13.4. The number of carbonyl (C=O) groups is 2. The molecule has 7 heteroatoms. The Morgan fingerprint density at radius 2 is 2.04 bits per heavy atom. The van der Waals surface area contributed by atoms with E-state index in [0.29, 0.717) is 17.8 Å². The molecule has 28 heavy (non-hydrogen) atoms. The monoisotopic (exact) mass is 378 g/mol. The van der Waals surface area contributed by atoms with Crippen molar-refractivity contribution in [2.75, 3.05) is 0 Å². The average molecular weight is 378 g/mol. The molecule has 1 aromatic carbocycles. The van der Waals surface area contributed by atoms with Crippen molar-refractivity contribution < 1.29 is 14.0 Å². The van der Waals surface area contributed by atoms with Crippen LogP contribution in [-0.2, 0) is 24.4 Å². The second kappa shape index (κ2) is 7.64. The Hall–Kier alpha value is -3.48. The molecule has 1 N–H and O–H groups in total. The summed E-state index contributed by atoms with van der Waals surface area (Å²) in [4.78, 5) is 31.5. The fourth-order valence-electron chi connectivity index (χ4n) is 3.39. The number of nitrogens with zero attached hydrogens (tertiary/aromatic N) is 3. The predicted octanol–water partition coefficient (Wildman–Crippen LogP) is 2.36. The number of fused-ring (bicyclic) bond motifs is 1. The number of pyridine rings is 1. The van der Waals surface area contributed by atoms with Crippen molar-refractivity contribution in [1.29, 1.82) is 0 Å². The zero-order valence-electron chi connectivity index (χ0n) is 15.1. The molecule has 1 atom stereocenters. The van der Waals surface area contributed by atoms with Gasteiger partial charge in [0.2, 0.25) is 5.91 Å². The van der Waals surface area contributed by atoms with Gasteiger partial charge in [-0.15, -0.1) is 0 Å². The van der Waals surface area contributed by atoms with Gasteiger partial charge in [0.15, 0.2) is 0 Å². The molecule has 4 rings (SSSR count). The van der Waals surface area contributed by atoms with Crippen LogP contribution in [0.2, 0.25) is 0 Å². The molecule has 142 valence electrons. The van der Waals surface area contributed by atoms with Gasteiger partial charge in [-0.1, -0.05) is 18.2 Å².